The Labute approximate surface area is 90.5 Å². The van der Waals surface area contributed by atoms with Crippen molar-refractivity contribution in [2.24, 2.45) is 0 Å². The van der Waals surface area contributed by atoms with E-state index in [0.717, 1.165) is 11.1 Å². The van der Waals surface area contributed by atoms with Crippen molar-refractivity contribution >= 4 is 0 Å². The summed E-state index contributed by atoms with van der Waals surface area (Å²) in [7, 11) is 0. The summed E-state index contributed by atoms with van der Waals surface area (Å²) in [6.45, 7) is 4.11. The van der Waals surface area contributed by atoms with Gasteiger partial charge in [-0.25, -0.2) is 0 Å². The zero-order valence-electron chi connectivity index (χ0n) is 9.10. The topological polar surface area (TPSA) is 29.5 Å². The zero-order valence-corrected chi connectivity index (χ0v) is 9.10. The minimum atomic E-state index is 0.253. The molecule has 0 saturated carbocycles. The molecule has 2 nitrogen and oxygen atoms in total. The van der Waals surface area contributed by atoms with Gasteiger partial charge in [0.15, 0.2) is 0 Å². The summed E-state index contributed by atoms with van der Waals surface area (Å²) in [5.74, 6) is 0.253. The van der Waals surface area contributed by atoms with Gasteiger partial charge in [0.05, 0.1) is 6.26 Å². The smallest absolute Gasteiger partial charge is 0.117 e. The molecule has 1 aromatic rings. The molecule has 0 saturated heterocycles. The van der Waals surface area contributed by atoms with Crippen molar-refractivity contribution in [2.45, 2.75) is 20.5 Å². The van der Waals surface area contributed by atoms with Crippen molar-refractivity contribution in [1.82, 2.24) is 0 Å². The molecular weight excluding hydrogens is 188 g/mol. The second-order valence-corrected chi connectivity index (χ2v) is 3.27. The number of ether oxygens (including phenoxy) is 1. The lowest BCUT2D eigenvalue weighted by atomic mass is 10.2. The van der Waals surface area contributed by atoms with Crippen LogP contribution in [-0.4, -0.2) is 5.11 Å². The van der Waals surface area contributed by atoms with Gasteiger partial charge >= 0.3 is 0 Å². The van der Waals surface area contributed by atoms with Crippen molar-refractivity contribution in [1.29, 1.82) is 0 Å². The summed E-state index contributed by atoms with van der Waals surface area (Å²) < 4.78 is 5.34. The average molecular weight is 204 g/mol. The Morgan fingerprint density at radius 3 is 2.60 bits per heavy atom. The number of rotatable bonds is 4. The van der Waals surface area contributed by atoms with E-state index in [9.17, 15) is 5.11 Å². The van der Waals surface area contributed by atoms with Crippen LogP contribution < -0.4 is 0 Å². The molecule has 0 heterocycles. The maximum atomic E-state index is 9.34. The fraction of sp³-hybridized carbons (Fsp3) is 0.231. The second-order valence-electron chi connectivity index (χ2n) is 3.27. The van der Waals surface area contributed by atoms with Crippen LogP contribution >= 0.6 is 0 Å². The Morgan fingerprint density at radius 1 is 1.33 bits per heavy atom. The molecule has 0 unspecified atom stereocenters. The van der Waals surface area contributed by atoms with Crippen LogP contribution in [0.25, 0.3) is 0 Å². The summed E-state index contributed by atoms with van der Waals surface area (Å²) in [6.07, 6.45) is 3.21. The molecule has 0 aliphatic heterocycles. The fourth-order valence-corrected chi connectivity index (χ4v) is 1.13. The van der Waals surface area contributed by atoms with Gasteiger partial charge in [0.1, 0.15) is 12.4 Å². The zero-order chi connectivity index (χ0) is 11.1. The minimum Gasteiger partial charge on any atom is -0.508 e. The Balaban J connectivity index is 2.46. The Hall–Kier alpha value is -1.70. The SMILES string of the molecule is CC=C(O)C(C)=COCc1ccccc1. The molecule has 0 fully saturated rings. The quantitative estimate of drug-likeness (QED) is 0.600. The van der Waals surface area contributed by atoms with Crippen LogP contribution in [0.15, 0.2) is 54.0 Å². The predicted octanol–water partition coefficient (Wildman–Crippen LogP) is 3.57. The maximum Gasteiger partial charge on any atom is 0.117 e. The molecule has 0 amide bonds. The van der Waals surface area contributed by atoms with Gasteiger partial charge in [0.25, 0.3) is 0 Å². The molecule has 0 spiro atoms. The van der Waals surface area contributed by atoms with Crippen molar-refractivity contribution in [3.8, 4) is 0 Å². The largest absolute Gasteiger partial charge is 0.508 e. The van der Waals surface area contributed by atoms with Gasteiger partial charge in [0.2, 0.25) is 0 Å². The molecule has 0 bridgehead atoms. The van der Waals surface area contributed by atoms with Crippen LogP contribution in [0.2, 0.25) is 0 Å². The number of hydrogen-bond donors (Lipinski definition) is 1. The number of benzene rings is 1. The van der Waals surface area contributed by atoms with Crippen LogP contribution in [0, 0.1) is 0 Å². The molecule has 0 aromatic heterocycles. The normalized spacial score (nSPS) is 12.7. The third-order valence-corrected chi connectivity index (χ3v) is 2.03. The fourth-order valence-electron chi connectivity index (χ4n) is 1.13. The Kier molecular flexibility index (Phi) is 4.48. The standard InChI is InChI=1S/C13H16O2/c1-3-13(14)11(2)9-15-10-12-7-5-4-6-8-12/h3-9,14H,10H2,1-2H3. The van der Waals surface area contributed by atoms with E-state index in [1.165, 1.54) is 0 Å². The molecule has 80 valence electrons. The third kappa shape index (κ3) is 3.90. The van der Waals surface area contributed by atoms with E-state index in [0.29, 0.717) is 6.61 Å². The predicted molar refractivity (Wildman–Crippen MR) is 61.4 cm³/mol. The molecule has 1 N–H and O–H groups in total. The summed E-state index contributed by atoms with van der Waals surface area (Å²) >= 11 is 0. The second kappa shape index (κ2) is 5.91. The van der Waals surface area contributed by atoms with E-state index < -0.39 is 0 Å². The maximum absolute atomic E-state index is 9.34. The lowest BCUT2D eigenvalue weighted by Crippen LogP contribution is -1.89. The molecule has 1 rings (SSSR count). The van der Waals surface area contributed by atoms with Crippen LogP contribution in [-0.2, 0) is 11.3 Å². The molecule has 0 radical (unpaired) electrons. The molecular formula is C13H16O2. The summed E-state index contributed by atoms with van der Waals surface area (Å²) in [5.41, 5.74) is 1.84. The summed E-state index contributed by atoms with van der Waals surface area (Å²) in [4.78, 5) is 0. The average Bonchev–Trinajstić information content (AvgIpc) is 2.29. The van der Waals surface area contributed by atoms with Crippen molar-refractivity contribution in [3.05, 3.63) is 59.6 Å². The van der Waals surface area contributed by atoms with E-state index in [1.807, 2.05) is 30.3 Å². The first-order chi connectivity index (χ1) is 7.24. The lowest BCUT2D eigenvalue weighted by molar-refractivity contribution is 0.232. The number of aliphatic hydroxyl groups is 1. The monoisotopic (exact) mass is 204 g/mol. The van der Waals surface area contributed by atoms with Crippen LogP contribution in [0.4, 0.5) is 0 Å². The van der Waals surface area contributed by atoms with E-state index in [-0.39, 0.29) is 5.76 Å². The van der Waals surface area contributed by atoms with E-state index >= 15 is 0 Å². The first kappa shape index (κ1) is 11.4. The van der Waals surface area contributed by atoms with Gasteiger partial charge in [-0.15, -0.1) is 0 Å². The number of aliphatic hydroxyl groups excluding tert-OH is 1. The first-order valence-electron chi connectivity index (χ1n) is 4.92. The van der Waals surface area contributed by atoms with Gasteiger partial charge in [-0.2, -0.15) is 0 Å². The Bertz CT molecular complexity index is 350. The van der Waals surface area contributed by atoms with Crippen molar-refractivity contribution < 1.29 is 9.84 Å². The lowest BCUT2D eigenvalue weighted by Gasteiger charge is -2.03. The van der Waals surface area contributed by atoms with Crippen molar-refractivity contribution in [3.63, 3.8) is 0 Å². The highest BCUT2D eigenvalue weighted by molar-refractivity contribution is 5.20. The number of hydrogen-bond acceptors (Lipinski definition) is 2. The van der Waals surface area contributed by atoms with Gasteiger partial charge in [-0.05, 0) is 25.5 Å². The van der Waals surface area contributed by atoms with Crippen molar-refractivity contribution in [2.75, 3.05) is 0 Å². The van der Waals surface area contributed by atoms with Crippen LogP contribution in [0.3, 0.4) is 0 Å². The Morgan fingerprint density at radius 2 is 2.00 bits per heavy atom. The molecule has 0 aliphatic rings. The van der Waals surface area contributed by atoms with E-state index in [1.54, 1.807) is 26.2 Å². The highest BCUT2D eigenvalue weighted by Gasteiger charge is 1.94. The highest BCUT2D eigenvalue weighted by atomic mass is 16.5. The number of allylic oxidation sites excluding steroid dienone is 2. The molecule has 2 heteroatoms. The summed E-state index contributed by atoms with van der Waals surface area (Å²) in [6, 6.07) is 9.91. The van der Waals surface area contributed by atoms with Gasteiger partial charge in [-0.1, -0.05) is 30.3 Å². The first-order valence-corrected chi connectivity index (χ1v) is 4.92. The third-order valence-electron chi connectivity index (χ3n) is 2.03. The van der Waals surface area contributed by atoms with Gasteiger partial charge in [-0.3, -0.25) is 0 Å². The molecule has 0 atom stereocenters. The van der Waals surface area contributed by atoms with E-state index in [2.05, 4.69) is 0 Å². The van der Waals surface area contributed by atoms with Gasteiger partial charge in [0, 0.05) is 5.57 Å². The highest BCUT2D eigenvalue weighted by Crippen LogP contribution is 2.07. The van der Waals surface area contributed by atoms with E-state index in [4.69, 9.17) is 4.74 Å². The minimum absolute atomic E-state index is 0.253. The van der Waals surface area contributed by atoms with Crippen LogP contribution in [0.1, 0.15) is 19.4 Å². The molecule has 1 aromatic carbocycles. The molecule has 0 aliphatic carbocycles. The molecule has 15 heavy (non-hydrogen) atoms. The summed E-state index contributed by atoms with van der Waals surface area (Å²) in [5, 5.41) is 9.34. The van der Waals surface area contributed by atoms with Gasteiger partial charge < -0.3 is 9.84 Å². The van der Waals surface area contributed by atoms with Crippen LogP contribution in [0.5, 0.6) is 0 Å².